The highest BCUT2D eigenvalue weighted by Crippen LogP contribution is 2.39. The van der Waals surface area contributed by atoms with Crippen LogP contribution in [0, 0.1) is 46.6 Å². The fourth-order valence-electron chi connectivity index (χ4n) is 5.61. The molecule has 1 saturated carbocycles. The van der Waals surface area contributed by atoms with Gasteiger partial charge in [0.05, 0.1) is 12.2 Å². The van der Waals surface area contributed by atoms with E-state index in [0.29, 0.717) is 43.2 Å². The molecule has 0 N–H and O–H groups in total. The Morgan fingerprint density at radius 2 is 1.35 bits per heavy atom. The minimum absolute atomic E-state index is 0.0195. The Bertz CT molecular complexity index is 1510. The van der Waals surface area contributed by atoms with Gasteiger partial charge in [0.1, 0.15) is 11.6 Å². The first-order valence-corrected chi connectivity index (χ1v) is 13.3. The van der Waals surface area contributed by atoms with Gasteiger partial charge in [-0.05, 0) is 102 Å². The highest BCUT2D eigenvalue weighted by atomic mass is 19.2. The smallest absolute Gasteiger partial charge is 0.195 e. The minimum Gasteiger partial charge on any atom is -0.487 e. The molecule has 8 heteroatoms. The second-order valence-corrected chi connectivity index (χ2v) is 10.4. The first kappa shape index (κ1) is 28.0. The molecule has 1 aliphatic rings. The quantitative estimate of drug-likeness (QED) is 0.162. The van der Waals surface area contributed by atoms with Crippen molar-refractivity contribution >= 4 is 10.8 Å². The lowest BCUT2D eigenvalue weighted by molar-refractivity contribution is 0.187. The molecule has 1 nitrogen and oxygen atoms in total. The number of ether oxygens (including phenoxy) is 1. The van der Waals surface area contributed by atoms with E-state index < -0.39 is 40.7 Å². The van der Waals surface area contributed by atoms with Crippen LogP contribution < -0.4 is 4.74 Å². The van der Waals surface area contributed by atoms with Crippen LogP contribution in [0.5, 0.6) is 5.75 Å². The first-order valence-electron chi connectivity index (χ1n) is 13.3. The summed E-state index contributed by atoms with van der Waals surface area (Å²) in [7, 11) is 0. The Labute approximate surface area is 227 Å². The van der Waals surface area contributed by atoms with Crippen LogP contribution in [-0.4, -0.2) is 6.61 Å². The van der Waals surface area contributed by atoms with Gasteiger partial charge in [-0.3, -0.25) is 0 Å². The van der Waals surface area contributed by atoms with E-state index in [4.69, 9.17) is 4.74 Å². The molecule has 0 amide bonds. The summed E-state index contributed by atoms with van der Waals surface area (Å²) >= 11 is 0. The molecule has 5 rings (SSSR count). The standard InChI is InChI=1S/C32H27F7O/c1-2-3-18-10-27(36)32(28(37)11-18)40-16-17-4-6-19(7-5-17)21-13-24(33)29(25(34)14-21)20-8-9-23-22(12-20)15-26(35)31(39)30(23)38/h8-15,17,19H,2-7,16H2,1H3. The number of rotatable bonds is 7. The summed E-state index contributed by atoms with van der Waals surface area (Å²) in [6, 6.07) is 9.54. The number of benzene rings is 4. The third-order valence-electron chi connectivity index (χ3n) is 7.70. The van der Waals surface area contributed by atoms with Gasteiger partial charge < -0.3 is 4.74 Å². The van der Waals surface area contributed by atoms with Crippen LogP contribution in [0.4, 0.5) is 30.7 Å². The Kier molecular flexibility index (Phi) is 8.06. The van der Waals surface area contributed by atoms with E-state index in [1.807, 2.05) is 6.92 Å². The monoisotopic (exact) mass is 560 g/mol. The van der Waals surface area contributed by atoms with Crippen molar-refractivity contribution in [2.45, 2.75) is 51.4 Å². The molecular formula is C32H27F7O. The van der Waals surface area contributed by atoms with Crippen LogP contribution in [0.1, 0.15) is 56.1 Å². The summed E-state index contributed by atoms with van der Waals surface area (Å²) < 4.78 is 106. The van der Waals surface area contributed by atoms with Crippen molar-refractivity contribution in [3.63, 3.8) is 0 Å². The van der Waals surface area contributed by atoms with Crippen LogP contribution in [0.15, 0.2) is 48.5 Å². The van der Waals surface area contributed by atoms with Gasteiger partial charge in [0.25, 0.3) is 0 Å². The van der Waals surface area contributed by atoms with Gasteiger partial charge in [-0.2, -0.15) is 0 Å². The average Bonchev–Trinajstić information content (AvgIpc) is 2.91. The van der Waals surface area contributed by atoms with E-state index in [1.54, 1.807) is 0 Å². The normalized spacial score (nSPS) is 17.4. The zero-order valence-electron chi connectivity index (χ0n) is 21.8. The fraction of sp³-hybridized carbons (Fsp3) is 0.312. The minimum atomic E-state index is -1.61. The highest BCUT2D eigenvalue weighted by Gasteiger charge is 2.26. The molecule has 0 bridgehead atoms. The molecule has 0 heterocycles. The Morgan fingerprint density at radius 3 is 1.98 bits per heavy atom. The Morgan fingerprint density at radius 1 is 0.700 bits per heavy atom. The number of hydrogen-bond acceptors (Lipinski definition) is 1. The second kappa shape index (κ2) is 11.5. The van der Waals surface area contributed by atoms with Crippen molar-refractivity contribution in [1.82, 2.24) is 0 Å². The van der Waals surface area contributed by atoms with Crippen LogP contribution >= 0.6 is 0 Å². The van der Waals surface area contributed by atoms with E-state index in [0.717, 1.165) is 18.6 Å². The molecule has 4 aromatic carbocycles. The fourth-order valence-corrected chi connectivity index (χ4v) is 5.61. The van der Waals surface area contributed by atoms with Crippen molar-refractivity contribution < 1.29 is 35.5 Å². The number of halogens is 7. The Balaban J connectivity index is 1.26. The molecule has 0 radical (unpaired) electrons. The van der Waals surface area contributed by atoms with E-state index in [-0.39, 0.29) is 46.1 Å². The van der Waals surface area contributed by atoms with Gasteiger partial charge in [-0.15, -0.1) is 0 Å². The van der Waals surface area contributed by atoms with Crippen LogP contribution in [-0.2, 0) is 6.42 Å². The van der Waals surface area contributed by atoms with Crippen molar-refractivity contribution in [2.75, 3.05) is 6.61 Å². The SMILES string of the molecule is CCCc1cc(F)c(OCC2CCC(c3cc(F)c(-c4ccc5c(F)c(F)c(F)cc5c4)c(F)c3)CC2)c(F)c1. The van der Waals surface area contributed by atoms with Gasteiger partial charge in [0.15, 0.2) is 34.8 Å². The summed E-state index contributed by atoms with van der Waals surface area (Å²) in [5.41, 5.74) is 0.797. The molecular weight excluding hydrogens is 533 g/mol. The highest BCUT2D eigenvalue weighted by molar-refractivity contribution is 5.88. The molecule has 0 spiro atoms. The van der Waals surface area contributed by atoms with E-state index in [2.05, 4.69) is 0 Å². The summed E-state index contributed by atoms with van der Waals surface area (Å²) in [4.78, 5) is 0. The van der Waals surface area contributed by atoms with E-state index in [9.17, 15) is 22.0 Å². The van der Waals surface area contributed by atoms with Gasteiger partial charge in [0.2, 0.25) is 0 Å². The van der Waals surface area contributed by atoms with Crippen LogP contribution in [0.25, 0.3) is 21.9 Å². The maximum atomic E-state index is 15.2. The molecule has 0 unspecified atom stereocenters. The van der Waals surface area contributed by atoms with Crippen molar-refractivity contribution in [2.24, 2.45) is 5.92 Å². The third kappa shape index (κ3) is 5.54. The summed E-state index contributed by atoms with van der Waals surface area (Å²) in [5.74, 6) is -7.90. The maximum absolute atomic E-state index is 15.2. The average molecular weight is 561 g/mol. The molecule has 1 fully saturated rings. The molecule has 210 valence electrons. The lowest BCUT2D eigenvalue weighted by Crippen LogP contribution is -2.20. The van der Waals surface area contributed by atoms with Gasteiger partial charge in [0, 0.05) is 5.39 Å². The van der Waals surface area contributed by atoms with Gasteiger partial charge in [-0.25, -0.2) is 30.7 Å². The molecule has 40 heavy (non-hydrogen) atoms. The number of aryl methyl sites for hydroxylation is 1. The summed E-state index contributed by atoms with van der Waals surface area (Å²) in [6.07, 6.45) is 3.90. The second-order valence-electron chi connectivity index (χ2n) is 10.4. The lowest BCUT2D eigenvalue weighted by atomic mass is 9.78. The zero-order valence-corrected chi connectivity index (χ0v) is 21.8. The molecule has 0 aromatic heterocycles. The number of fused-ring (bicyclic) bond motifs is 1. The van der Waals surface area contributed by atoms with Crippen LogP contribution in [0.2, 0.25) is 0 Å². The van der Waals surface area contributed by atoms with Crippen molar-refractivity contribution in [1.29, 1.82) is 0 Å². The zero-order chi connectivity index (χ0) is 28.6. The predicted octanol–water partition coefficient (Wildman–Crippen LogP) is 9.79. The first-order chi connectivity index (χ1) is 19.2. The van der Waals surface area contributed by atoms with Crippen LogP contribution in [0.3, 0.4) is 0 Å². The molecule has 0 aliphatic heterocycles. The molecule has 1 aliphatic carbocycles. The molecule has 4 aromatic rings. The topological polar surface area (TPSA) is 9.23 Å². The van der Waals surface area contributed by atoms with E-state index in [1.165, 1.54) is 36.4 Å². The maximum Gasteiger partial charge on any atom is 0.195 e. The van der Waals surface area contributed by atoms with Gasteiger partial charge >= 0.3 is 0 Å². The summed E-state index contributed by atoms with van der Waals surface area (Å²) in [5, 5.41) is -0.214. The molecule has 0 saturated heterocycles. The van der Waals surface area contributed by atoms with Crippen molar-refractivity contribution in [3.8, 4) is 16.9 Å². The van der Waals surface area contributed by atoms with Gasteiger partial charge in [-0.1, -0.05) is 25.5 Å². The summed E-state index contributed by atoms with van der Waals surface area (Å²) in [6.45, 7) is 2.07. The lowest BCUT2D eigenvalue weighted by Gasteiger charge is -2.29. The molecule has 0 atom stereocenters. The number of hydrogen-bond donors (Lipinski definition) is 0. The third-order valence-corrected chi connectivity index (χ3v) is 7.70. The largest absolute Gasteiger partial charge is 0.487 e. The Hall–Kier alpha value is -3.55. The van der Waals surface area contributed by atoms with E-state index >= 15 is 8.78 Å². The van der Waals surface area contributed by atoms with Crippen molar-refractivity contribution in [3.05, 3.63) is 100 Å². The predicted molar refractivity (Wildman–Crippen MR) is 140 cm³/mol.